The standard InChI is InChI=1S/C26H28ClN3O/c1-20(22-7-3-2-4-8-22)28-26(31)23-9-5-6-21(18-23)19-29-14-16-30(17-15-29)25-12-10-24(27)11-13-25/h2-13,18,20H,14-17,19H2,1H3,(H,28,31)/t20-/m0/s1. The van der Waals surface area contributed by atoms with Crippen LogP contribution in [-0.4, -0.2) is 37.0 Å². The molecule has 0 saturated carbocycles. The molecule has 0 aliphatic carbocycles. The fourth-order valence-corrected chi connectivity index (χ4v) is 4.12. The van der Waals surface area contributed by atoms with Crippen LogP contribution in [0.15, 0.2) is 78.9 Å². The van der Waals surface area contributed by atoms with Crippen LogP contribution in [-0.2, 0) is 6.54 Å². The van der Waals surface area contributed by atoms with Crippen LogP contribution in [0.4, 0.5) is 5.69 Å². The van der Waals surface area contributed by atoms with Crippen molar-refractivity contribution in [3.63, 3.8) is 0 Å². The quantitative estimate of drug-likeness (QED) is 0.583. The Morgan fingerprint density at radius 2 is 1.65 bits per heavy atom. The minimum atomic E-state index is -0.0363. The zero-order valence-electron chi connectivity index (χ0n) is 17.8. The summed E-state index contributed by atoms with van der Waals surface area (Å²) in [5.41, 5.74) is 4.20. The fourth-order valence-electron chi connectivity index (χ4n) is 3.99. The number of piperazine rings is 1. The molecule has 1 aliphatic rings. The van der Waals surface area contributed by atoms with Crippen LogP contribution in [0, 0.1) is 0 Å². The summed E-state index contributed by atoms with van der Waals surface area (Å²) in [5, 5.41) is 3.87. The second kappa shape index (κ2) is 9.99. The van der Waals surface area contributed by atoms with Crippen molar-refractivity contribution >= 4 is 23.2 Å². The molecule has 1 amide bonds. The Labute approximate surface area is 189 Å². The van der Waals surface area contributed by atoms with Crippen LogP contribution < -0.4 is 10.2 Å². The number of halogens is 1. The number of nitrogens with zero attached hydrogens (tertiary/aromatic N) is 2. The maximum Gasteiger partial charge on any atom is 0.251 e. The van der Waals surface area contributed by atoms with E-state index in [4.69, 9.17) is 11.6 Å². The third-order valence-corrected chi connectivity index (χ3v) is 6.06. The van der Waals surface area contributed by atoms with E-state index in [9.17, 15) is 4.79 Å². The van der Waals surface area contributed by atoms with Gasteiger partial charge in [-0.25, -0.2) is 0 Å². The van der Waals surface area contributed by atoms with E-state index in [0.29, 0.717) is 5.56 Å². The fraction of sp³-hybridized carbons (Fsp3) is 0.269. The normalized spacial score (nSPS) is 15.5. The molecule has 3 aromatic carbocycles. The van der Waals surface area contributed by atoms with Crippen molar-refractivity contribution in [3.05, 3.63) is 101 Å². The molecule has 1 aliphatic heterocycles. The lowest BCUT2D eigenvalue weighted by atomic mass is 10.1. The number of carbonyl (C=O) groups excluding carboxylic acids is 1. The Morgan fingerprint density at radius 1 is 0.935 bits per heavy atom. The minimum Gasteiger partial charge on any atom is -0.369 e. The molecule has 0 unspecified atom stereocenters. The highest BCUT2D eigenvalue weighted by molar-refractivity contribution is 6.30. The maximum atomic E-state index is 12.8. The predicted octanol–water partition coefficient (Wildman–Crippen LogP) is 5.15. The molecule has 160 valence electrons. The van der Waals surface area contributed by atoms with E-state index in [-0.39, 0.29) is 11.9 Å². The molecule has 1 saturated heterocycles. The van der Waals surface area contributed by atoms with Crippen molar-refractivity contribution in [1.82, 2.24) is 10.2 Å². The molecule has 4 nitrogen and oxygen atoms in total. The topological polar surface area (TPSA) is 35.6 Å². The summed E-state index contributed by atoms with van der Waals surface area (Å²) < 4.78 is 0. The number of carbonyl (C=O) groups is 1. The first-order chi connectivity index (χ1) is 15.1. The minimum absolute atomic E-state index is 0.0294. The summed E-state index contributed by atoms with van der Waals surface area (Å²) in [7, 11) is 0. The van der Waals surface area contributed by atoms with E-state index in [2.05, 4.69) is 33.3 Å². The van der Waals surface area contributed by atoms with Crippen molar-refractivity contribution in [1.29, 1.82) is 0 Å². The van der Waals surface area contributed by atoms with Gasteiger partial charge in [0.15, 0.2) is 0 Å². The summed E-state index contributed by atoms with van der Waals surface area (Å²) in [6.45, 7) is 6.81. The smallest absolute Gasteiger partial charge is 0.251 e. The molecule has 1 heterocycles. The molecule has 5 heteroatoms. The molecule has 3 aromatic rings. The van der Waals surface area contributed by atoms with Crippen molar-refractivity contribution in [3.8, 4) is 0 Å². The van der Waals surface area contributed by atoms with E-state index in [1.807, 2.05) is 67.6 Å². The number of amides is 1. The van der Waals surface area contributed by atoms with Gasteiger partial charge in [-0.15, -0.1) is 0 Å². The highest BCUT2D eigenvalue weighted by Crippen LogP contribution is 2.20. The zero-order chi connectivity index (χ0) is 21.6. The van der Waals surface area contributed by atoms with Crippen LogP contribution in [0.3, 0.4) is 0 Å². The zero-order valence-corrected chi connectivity index (χ0v) is 18.6. The molecule has 1 fully saturated rings. The second-order valence-corrected chi connectivity index (χ2v) is 8.48. The molecule has 31 heavy (non-hydrogen) atoms. The Balaban J connectivity index is 1.32. The molecule has 1 atom stereocenters. The van der Waals surface area contributed by atoms with E-state index in [1.165, 1.54) is 11.3 Å². The van der Waals surface area contributed by atoms with Crippen LogP contribution in [0.25, 0.3) is 0 Å². The van der Waals surface area contributed by atoms with Gasteiger partial charge >= 0.3 is 0 Å². The molecule has 0 aromatic heterocycles. The number of nitrogens with one attached hydrogen (secondary N) is 1. The third kappa shape index (κ3) is 5.66. The first-order valence-corrected chi connectivity index (χ1v) is 11.1. The molecule has 0 radical (unpaired) electrons. The second-order valence-electron chi connectivity index (χ2n) is 8.05. The largest absolute Gasteiger partial charge is 0.369 e. The number of hydrogen-bond acceptors (Lipinski definition) is 3. The molecule has 0 bridgehead atoms. The van der Waals surface area contributed by atoms with Gasteiger partial charge in [0, 0.05) is 49.0 Å². The van der Waals surface area contributed by atoms with Crippen molar-refractivity contribution < 1.29 is 4.79 Å². The van der Waals surface area contributed by atoms with Gasteiger partial charge in [-0.1, -0.05) is 54.1 Å². The lowest BCUT2D eigenvalue weighted by Gasteiger charge is -2.36. The van der Waals surface area contributed by atoms with Gasteiger partial charge in [-0.3, -0.25) is 9.69 Å². The Bertz CT molecular complexity index is 999. The van der Waals surface area contributed by atoms with Gasteiger partial charge < -0.3 is 10.2 Å². The van der Waals surface area contributed by atoms with Gasteiger partial charge in [0.1, 0.15) is 0 Å². The average molecular weight is 434 g/mol. The van der Waals surface area contributed by atoms with Crippen molar-refractivity contribution in [2.45, 2.75) is 19.5 Å². The van der Waals surface area contributed by atoms with Crippen molar-refractivity contribution in [2.75, 3.05) is 31.1 Å². The van der Waals surface area contributed by atoms with E-state index in [0.717, 1.165) is 43.3 Å². The Hall–Kier alpha value is -2.82. The summed E-state index contributed by atoms with van der Waals surface area (Å²) >= 11 is 6.00. The number of benzene rings is 3. The van der Waals surface area contributed by atoms with Crippen molar-refractivity contribution in [2.24, 2.45) is 0 Å². The van der Waals surface area contributed by atoms with Gasteiger partial charge in [-0.2, -0.15) is 0 Å². The lowest BCUT2D eigenvalue weighted by molar-refractivity contribution is 0.0939. The monoisotopic (exact) mass is 433 g/mol. The van der Waals surface area contributed by atoms with Gasteiger partial charge in [0.05, 0.1) is 6.04 Å². The number of anilines is 1. The van der Waals surface area contributed by atoms with Gasteiger partial charge in [0.25, 0.3) is 5.91 Å². The van der Waals surface area contributed by atoms with E-state index < -0.39 is 0 Å². The van der Waals surface area contributed by atoms with E-state index >= 15 is 0 Å². The molecule has 4 rings (SSSR count). The summed E-state index contributed by atoms with van der Waals surface area (Å²) in [6.07, 6.45) is 0. The van der Waals surface area contributed by atoms with Gasteiger partial charge in [0.2, 0.25) is 0 Å². The molecule has 1 N–H and O–H groups in total. The Morgan fingerprint density at radius 3 is 2.35 bits per heavy atom. The summed E-state index contributed by atoms with van der Waals surface area (Å²) in [4.78, 5) is 17.6. The number of rotatable bonds is 6. The Kier molecular flexibility index (Phi) is 6.90. The highest BCUT2D eigenvalue weighted by Gasteiger charge is 2.18. The molecular formula is C26H28ClN3O. The summed E-state index contributed by atoms with van der Waals surface area (Å²) in [6, 6.07) is 26.0. The third-order valence-electron chi connectivity index (χ3n) is 5.81. The average Bonchev–Trinajstić information content (AvgIpc) is 2.81. The molecule has 0 spiro atoms. The number of hydrogen-bond donors (Lipinski definition) is 1. The lowest BCUT2D eigenvalue weighted by Crippen LogP contribution is -2.45. The maximum absolute atomic E-state index is 12.8. The van der Waals surface area contributed by atoms with Crippen LogP contribution >= 0.6 is 11.6 Å². The SMILES string of the molecule is C[C@H](NC(=O)c1cccc(CN2CCN(c3ccc(Cl)cc3)CC2)c1)c1ccccc1. The predicted molar refractivity (Wildman–Crippen MR) is 128 cm³/mol. The first kappa shape index (κ1) is 21.4. The van der Waals surface area contributed by atoms with Gasteiger partial charge in [-0.05, 0) is 54.4 Å². The highest BCUT2D eigenvalue weighted by atomic mass is 35.5. The molecular weight excluding hydrogens is 406 g/mol. The van der Waals surface area contributed by atoms with E-state index in [1.54, 1.807) is 0 Å². The first-order valence-electron chi connectivity index (χ1n) is 10.8. The summed E-state index contributed by atoms with van der Waals surface area (Å²) in [5.74, 6) is -0.0363. The van der Waals surface area contributed by atoms with Crippen LogP contribution in [0.1, 0.15) is 34.5 Å². The van der Waals surface area contributed by atoms with Crippen LogP contribution in [0.2, 0.25) is 5.02 Å². The van der Waals surface area contributed by atoms with Crippen LogP contribution in [0.5, 0.6) is 0 Å².